The van der Waals surface area contributed by atoms with Crippen LogP contribution >= 0.6 is 27.7 Å². The van der Waals surface area contributed by atoms with Gasteiger partial charge in [0.25, 0.3) is 0 Å². The van der Waals surface area contributed by atoms with E-state index in [0.717, 1.165) is 9.37 Å². The maximum Gasteiger partial charge on any atom is 0.326 e. The van der Waals surface area contributed by atoms with Crippen LogP contribution in [0.25, 0.3) is 0 Å². The van der Waals surface area contributed by atoms with Crippen LogP contribution in [0.1, 0.15) is 19.8 Å². The third-order valence-electron chi connectivity index (χ3n) is 2.46. The highest BCUT2D eigenvalue weighted by Crippen LogP contribution is 2.27. The topological polar surface area (TPSA) is 66.4 Å². The summed E-state index contributed by atoms with van der Waals surface area (Å²) in [5.41, 5.74) is 0. The molecular formula is C13H16BrNO3S. The van der Waals surface area contributed by atoms with Crippen molar-refractivity contribution in [3.8, 4) is 0 Å². The van der Waals surface area contributed by atoms with E-state index in [-0.39, 0.29) is 5.91 Å². The van der Waals surface area contributed by atoms with Crippen LogP contribution in [0.3, 0.4) is 0 Å². The zero-order valence-electron chi connectivity index (χ0n) is 10.6. The quantitative estimate of drug-likeness (QED) is 0.745. The number of carboxylic acids is 1. The van der Waals surface area contributed by atoms with Crippen LogP contribution in [0.4, 0.5) is 0 Å². The van der Waals surface area contributed by atoms with Crippen molar-refractivity contribution < 1.29 is 14.7 Å². The predicted molar refractivity (Wildman–Crippen MR) is 79.3 cm³/mol. The van der Waals surface area contributed by atoms with E-state index in [1.54, 1.807) is 18.7 Å². The average Bonchev–Trinajstić information content (AvgIpc) is 2.38. The van der Waals surface area contributed by atoms with Crippen molar-refractivity contribution in [3.63, 3.8) is 0 Å². The molecule has 6 heteroatoms. The third kappa shape index (κ3) is 5.65. The number of nitrogens with one attached hydrogen (secondary N) is 1. The van der Waals surface area contributed by atoms with Crippen molar-refractivity contribution in [1.29, 1.82) is 0 Å². The molecule has 1 aromatic rings. The summed E-state index contributed by atoms with van der Waals surface area (Å²) in [7, 11) is 0. The van der Waals surface area contributed by atoms with Crippen LogP contribution in [-0.4, -0.2) is 28.8 Å². The van der Waals surface area contributed by atoms with Crippen molar-refractivity contribution in [2.75, 3.05) is 5.75 Å². The highest BCUT2D eigenvalue weighted by Gasteiger charge is 2.17. The molecule has 1 atom stereocenters. The Morgan fingerprint density at radius 3 is 2.68 bits per heavy atom. The Bertz CT molecular complexity index is 453. The molecule has 1 rings (SSSR count). The average molecular weight is 346 g/mol. The molecule has 1 amide bonds. The molecule has 0 heterocycles. The van der Waals surface area contributed by atoms with Crippen LogP contribution in [0, 0.1) is 0 Å². The van der Waals surface area contributed by atoms with E-state index in [1.807, 2.05) is 24.3 Å². The fourth-order valence-corrected chi connectivity index (χ4v) is 2.94. The summed E-state index contributed by atoms with van der Waals surface area (Å²) in [6, 6.07) is 6.99. The van der Waals surface area contributed by atoms with Crippen LogP contribution < -0.4 is 5.32 Å². The maximum absolute atomic E-state index is 11.6. The van der Waals surface area contributed by atoms with E-state index < -0.39 is 12.0 Å². The van der Waals surface area contributed by atoms with Crippen LogP contribution in [0.15, 0.2) is 33.6 Å². The first-order valence-electron chi connectivity index (χ1n) is 5.94. The van der Waals surface area contributed by atoms with Crippen molar-refractivity contribution in [1.82, 2.24) is 5.32 Å². The first-order valence-corrected chi connectivity index (χ1v) is 7.72. The molecule has 0 aromatic heterocycles. The lowest BCUT2D eigenvalue weighted by Gasteiger charge is -2.12. The minimum absolute atomic E-state index is 0.228. The van der Waals surface area contributed by atoms with Crippen LogP contribution in [0.5, 0.6) is 0 Å². The Hall–Kier alpha value is -1.01. The number of hydrogen-bond donors (Lipinski definition) is 2. The number of benzene rings is 1. The largest absolute Gasteiger partial charge is 0.480 e. The Labute approximate surface area is 125 Å². The monoisotopic (exact) mass is 345 g/mol. The summed E-state index contributed by atoms with van der Waals surface area (Å²) >= 11 is 5.00. The molecule has 19 heavy (non-hydrogen) atoms. The third-order valence-corrected chi connectivity index (χ3v) is 4.49. The second-order valence-corrected chi connectivity index (χ2v) is 5.89. The molecule has 104 valence electrons. The number of thioether (sulfide) groups is 1. The zero-order valence-corrected chi connectivity index (χ0v) is 13.0. The first-order chi connectivity index (χ1) is 9.04. The number of rotatable bonds is 7. The van der Waals surface area contributed by atoms with Crippen molar-refractivity contribution >= 4 is 39.6 Å². The summed E-state index contributed by atoms with van der Waals surface area (Å²) in [4.78, 5) is 23.4. The number of halogens is 1. The standard InChI is InChI=1S/C13H16BrNO3S/c1-2-10(13(17)18)15-12(16)7-8-19-11-6-4-3-5-9(11)14/h3-6,10H,2,7-8H2,1H3,(H,15,16)(H,17,18). The van der Waals surface area contributed by atoms with Gasteiger partial charge in [-0.25, -0.2) is 4.79 Å². The molecule has 0 bridgehead atoms. The summed E-state index contributed by atoms with van der Waals surface area (Å²) in [5, 5.41) is 11.3. The summed E-state index contributed by atoms with van der Waals surface area (Å²) < 4.78 is 0.998. The zero-order chi connectivity index (χ0) is 14.3. The number of amides is 1. The molecule has 0 aliphatic heterocycles. The lowest BCUT2D eigenvalue weighted by Crippen LogP contribution is -2.40. The van der Waals surface area contributed by atoms with Gasteiger partial charge in [0.2, 0.25) is 5.91 Å². The maximum atomic E-state index is 11.6. The molecule has 0 aliphatic rings. The fraction of sp³-hybridized carbons (Fsp3) is 0.385. The second-order valence-electron chi connectivity index (χ2n) is 3.90. The number of carbonyl (C=O) groups is 2. The molecule has 2 N–H and O–H groups in total. The number of carboxylic acid groups (broad SMARTS) is 1. The molecule has 0 spiro atoms. The van der Waals surface area contributed by atoms with E-state index in [1.165, 1.54) is 0 Å². The number of carbonyl (C=O) groups excluding carboxylic acids is 1. The van der Waals surface area contributed by atoms with E-state index in [4.69, 9.17) is 5.11 Å². The molecule has 0 saturated carbocycles. The Kier molecular flexibility index (Phi) is 6.94. The molecule has 1 unspecified atom stereocenters. The van der Waals surface area contributed by atoms with Crippen molar-refractivity contribution in [2.24, 2.45) is 0 Å². The van der Waals surface area contributed by atoms with Gasteiger partial charge in [-0.3, -0.25) is 4.79 Å². The normalized spacial score (nSPS) is 11.9. The Morgan fingerprint density at radius 1 is 1.42 bits per heavy atom. The molecule has 0 saturated heterocycles. The minimum Gasteiger partial charge on any atom is -0.480 e. The summed E-state index contributed by atoms with van der Waals surface area (Å²) in [5.74, 6) is -0.604. The second kappa shape index (κ2) is 8.22. The molecular weight excluding hydrogens is 330 g/mol. The molecule has 0 aliphatic carbocycles. The molecule has 0 fully saturated rings. The number of hydrogen-bond acceptors (Lipinski definition) is 3. The van der Waals surface area contributed by atoms with Crippen molar-refractivity contribution in [2.45, 2.75) is 30.7 Å². The van der Waals surface area contributed by atoms with Gasteiger partial charge >= 0.3 is 5.97 Å². The van der Waals surface area contributed by atoms with E-state index in [0.29, 0.717) is 18.6 Å². The van der Waals surface area contributed by atoms with Crippen LogP contribution in [0.2, 0.25) is 0 Å². The van der Waals surface area contributed by atoms with Gasteiger partial charge < -0.3 is 10.4 Å². The highest BCUT2D eigenvalue weighted by molar-refractivity contribution is 9.10. The number of aliphatic carboxylic acids is 1. The van der Waals surface area contributed by atoms with Gasteiger partial charge in [-0.2, -0.15) is 0 Å². The summed E-state index contributed by atoms with van der Waals surface area (Å²) in [6.45, 7) is 1.73. The Balaban J connectivity index is 2.35. The van der Waals surface area contributed by atoms with E-state index in [9.17, 15) is 9.59 Å². The van der Waals surface area contributed by atoms with E-state index in [2.05, 4.69) is 21.2 Å². The molecule has 1 aromatic carbocycles. The van der Waals surface area contributed by atoms with Gasteiger partial charge in [-0.1, -0.05) is 19.1 Å². The first kappa shape index (κ1) is 16.0. The fourth-order valence-electron chi connectivity index (χ4n) is 1.42. The SMILES string of the molecule is CCC(NC(=O)CCSc1ccccc1Br)C(=O)O. The van der Waals surface area contributed by atoms with Gasteiger partial charge in [-0.15, -0.1) is 11.8 Å². The van der Waals surface area contributed by atoms with E-state index >= 15 is 0 Å². The van der Waals surface area contributed by atoms with Crippen molar-refractivity contribution in [3.05, 3.63) is 28.7 Å². The van der Waals surface area contributed by atoms with Gasteiger partial charge in [0.1, 0.15) is 6.04 Å². The van der Waals surface area contributed by atoms with Gasteiger partial charge in [0, 0.05) is 21.5 Å². The summed E-state index contributed by atoms with van der Waals surface area (Å²) in [6.07, 6.45) is 0.689. The highest BCUT2D eigenvalue weighted by atomic mass is 79.9. The smallest absolute Gasteiger partial charge is 0.326 e. The lowest BCUT2D eigenvalue weighted by molar-refractivity contribution is -0.141. The van der Waals surface area contributed by atoms with Gasteiger partial charge in [-0.05, 0) is 34.5 Å². The molecule has 0 radical (unpaired) electrons. The Morgan fingerprint density at radius 2 is 2.11 bits per heavy atom. The lowest BCUT2D eigenvalue weighted by atomic mass is 10.2. The predicted octanol–water partition coefficient (Wildman–Crippen LogP) is 2.91. The minimum atomic E-state index is -0.991. The molecule has 4 nitrogen and oxygen atoms in total. The van der Waals surface area contributed by atoms with Crippen LogP contribution in [-0.2, 0) is 9.59 Å². The van der Waals surface area contributed by atoms with Gasteiger partial charge in [0.15, 0.2) is 0 Å². The van der Waals surface area contributed by atoms with Gasteiger partial charge in [0.05, 0.1) is 0 Å².